The minimum atomic E-state index is 0.0576. The average molecular weight is 252 g/mol. The summed E-state index contributed by atoms with van der Waals surface area (Å²) in [6, 6.07) is 0.0576. The molecule has 1 saturated heterocycles. The Kier molecular flexibility index (Phi) is 4.31. The molecule has 3 nitrogen and oxygen atoms in total. The highest BCUT2D eigenvalue weighted by molar-refractivity contribution is 5.84. The van der Waals surface area contributed by atoms with Crippen LogP contribution < -0.4 is 5.32 Å². The number of carbonyl (C=O) groups is 1. The molecule has 2 atom stereocenters. The number of hydrogen-bond donors (Lipinski definition) is 1. The van der Waals surface area contributed by atoms with Crippen LogP contribution in [0.25, 0.3) is 0 Å². The number of carbonyl (C=O) groups excluding carboxylic acids is 1. The molecule has 1 saturated carbocycles. The number of hydrogen-bond acceptors (Lipinski definition) is 2. The molecule has 0 aromatic heterocycles. The first-order valence-corrected chi connectivity index (χ1v) is 7.58. The van der Waals surface area contributed by atoms with Crippen LogP contribution in [0.3, 0.4) is 0 Å². The van der Waals surface area contributed by atoms with Crippen LogP contribution in [0.1, 0.15) is 59.3 Å². The molecule has 0 bridgehead atoms. The molecule has 18 heavy (non-hydrogen) atoms. The van der Waals surface area contributed by atoms with E-state index in [1.165, 1.54) is 32.1 Å². The molecule has 2 fully saturated rings. The Morgan fingerprint density at radius 3 is 2.67 bits per heavy atom. The predicted octanol–water partition coefficient (Wildman–Crippen LogP) is 2.76. The van der Waals surface area contributed by atoms with Crippen LogP contribution in [-0.2, 0) is 4.79 Å². The quantitative estimate of drug-likeness (QED) is 0.834. The van der Waals surface area contributed by atoms with Crippen molar-refractivity contribution in [3.05, 3.63) is 0 Å². The predicted molar refractivity (Wildman–Crippen MR) is 74.2 cm³/mol. The van der Waals surface area contributed by atoms with E-state index in [2.05, 4.69) is 31.0 Å². The molecule has 1 N–H and O–H groups in total. The minimum absolute atomic E-state index is 0.0576. The van der Waals surface area contributed by atoms with E-state index in [1.54, 1.807) is 0 Å². The van der Waals surface area contributed by atoms with E-state index in [-0.39, 0.29) is 6.04 Å². The number of rotatable bonds is 4. The van der Waals surface area contributed by atoms with Gasteiger partial charge in [-0.05, 0) is 24.2 Å². The summed E-state index contributed by atoms with van der Waals surface area (Å²) in [6.07, 6.45) is 7.67. The van der Waals surface area contributed by atoms with Crippen LogP contribution in [0.2, 0.25) is 0 Å². The monoisotopic (exact) mass is 252 g/mol. The maximum Gasteiger partial charge on any atom is 0.241 e. The average Bonchev–Trinajstić information content (AvgIpc) is 2.70. The van der Waals surface area contributed by atoms with Gasteiger partial charge in [0.25, 0.3) is 0 Å². The van der Waals surface area contributed by atoms with Gasteiger partial charge in [0.2, 0.25) is 5.91 Å². The molecule has 3 heteroatoms. The molecule has 104 valence electrons. The summed E-state index contributed by atoms with van der Waals surface area (Å²) in [5.74, 6) is 0.776. The Morgan fingerprint density at radius 1 is 1.39 bits per heavy atom. The van der Waals surface area contributed by atoms with E-state index in [4.69, 9.17) is 0 Å². The number of nitrogens with zero attached hydrogens (tertiary/aromatic N) is 1. The summed E-state index contributed by atoms with van der Waals surface area (Å²) in [6.45, 7) is 8.39. The lowest BCUT2D eigenvalue weighted by Crippen LogP contribution is -2.40. The van der Waals surface area contributed by atoms with Crippen molar-refractivity contribution in [1.29, 1.82) is 0 Å². The highest BCUT2D eigenvalue weighted by Crippen LogP contribution is 2.37. The Labute approximate surface area is 111 Å². The lowest BCUT2D eigenvalue weighted by atomic mass is 9.75. The van der Waals surface area contributed by atoms with Crippen molar-refractivity contribution >= 4 is 5.91 Å². The van der Waals surface area contributed by atoms with Crippen molar-refractivity contribution in [2.75, 3.05) is 13.2 Å². The van der Waals surface area contributed by atoms with E-state index in [0.717, 1.165) is 19.6 Å². The Balaban J connectivity index is 1.93. The van der Waals surface area contributed by atoms with Gasteiger partial charge in [-0.15, -0.1) is 0 Å². The van der Waals surface area contributed by atoms with Crippen LogP contribution in [0.15, 0.2) is 0 Å². The summed E-state index contributed by atoms with van der Waals surface area (Å²) >= 11 is 0. The molecule has 0 aromatic rings. The largest absolute Gasteiger partial charge is 0.328 e. The van der Waals surface area contributed by atoms with Gasteiger partial charge in [0.15, 0.2) is 0 Å². The topological polar surface area (TPSA) is 32.3 Å². The number of nitrogens with one attached hydrogen (secondary N) is 1. The van der Waals surface area contributed by atoms with Gasteiger partial charge in [-0.25, -0.2) is 0 Å². The normalized spacial score (nSPS) is 29.6. The van der Waals surface area contributed by atoms with Crippen LogP contribution in [0, 0.1) is 11.3 Å². The second kappa shape index (κ2) is 5.60. The van der Waals surface area contributed by atoms with E-state index >= 15 is 0 Å². The fourth-order valence-electron chi connectivity index (χ4n) is 3.41. The van der Waals surface area contributed by atoms with E-state index in [1.807, 2.05) is 0 Å². The first-order chi connectivity index (χ1) is 8.56. The second-order valence-corrected chi connectivity index (χ2v) is 6.63. The van der Waals surface area contributed by atoms with Crippen molar-refractivity contribution in [2.45, 2.75) is 65.3 Å². The molecule has 2 unspecified atom stereocenters. The lowest BCUT2D eigenvalue weighted by Gasteiger charge is -2.36. The standard InChI is InChI=1S/C15H28N2O/c1-4-12(2)13-14(18)17(11-16-13)10-15(3)8-6-5-7-9-15/h12-13,16H,4-11H2,1-3H3. The summed E-state index contributed by atoms with van der Waals surface area (Å²) in [5.41, 5.74) is 0.361. The summed E-state index contributed by atoms with van der Waals surface area (Å²) in [5, 5.41) is 3.39. The molecule has 1 aliphatic heterocycles. The van der Waals surface area contributed by atoms with Gasteiger partial charge in [-0.1, -0.05) is 46.5 Å². The SMILES string of the molecule is CCC(C)C1NCN(CC2(C)CCCCC2)C1=O. The van der Waals surface area contributed by atoms with Crippen molar-refractivity contribution in [2.24, 2.45) is 11.3 Å². The van der Waals surface area contributed by atoms with Crippen LogP contribution in [0.5, 0.6) is 0 Å². The molecule has 1 aliphatic carbocycles. The molecule has 2 aliphatic rings. The maximum absolute atomic E-state index is 12.4. The summed E-state index contributed by atoms with van der Waals surface area (Å²) < 4.78 is 0. The fraction of sp³-hybridized carbons (Fsp3) is 0.933. The molecular weight excluding hydrogens is 224 g/mol. The molecule has 0 radical (unpaired) electrons. The second-order valence-electron chi connectivity index (χ2n) is 6.63. The highest BCUT2D eigenvalue weighted by Gasteiger charge is 2.38. The van der Waals surface area contributed by atoms with Crippen molar-refractivity contribution in [3.8, 4) is 0 Å². The summed E-state index contributed by atoms with van der Waals surface area (Å²) in [4.78, 5) is 14.4. The summed E-state index contributed by atoms with van der Waals surface area (Å²) in [7, 11) is 0. The van der Waals surface area contributed by atoms with Crippen LogP contribution >= 0.6 is 0 Å². The first kappa shape index (κ1) is 13.9. The Morgan fingerprint density at radius 2 is 2.06 bits per heavy atom. The van der Waals surface area contributed by atoms with Crippen molar-refractivity contribution in [3.63, 3.8) is 0 Å². The van der Waals surface area contributed by atoms with Gasteiger partial charge in [0.1, 0.15) is 0 Å². The zero-order valence-electron chi connectivity index (χ0n) is 12.2. The molecule has 2 rings (SSSR count). The van der Waals surface area contributed by atoms with Crippen LogP contribution in [0.4, 0.5) is 0 Å². The van der Waals surface area contributed by atoms with Gasteiger partial charge < -0.3 is 4.90 Å². The third kappa shape index (κ3) is 2.87. The molecular formula is C15H28N2O. The van der Waals surface area contributed by atoms with Crippen LogP contribution in [-0.4, -0.2) is 30.1 Å². The van der Waals surface area contributed by atoms with Gasteiger partial charge in [-0.2, -0.15) is 0 Å². The Hall–Kier alpha value is -0.570. The third-order valence-electron chi connectivity index (χ3n) is 4.93. The van der Waals surface area contributed by atoms with Gasteiger partial charge in [0.05, 0.1) is 12.7 Å². The van der Waals surface area contributed by atoms with E-state index < -0.39 is 0 Å². The Bertz CT molecular complexity index is 297. The first-order valence-electron chi connectivity index (χ1n) is 7.58. The van der Waals surface area contributed by atoms with Gasteiger partial charge >= 0.3 is 0 Å². The zero-order chi connectivity index (χ0) is 13.2. The van der Waals surface area contributed by atoms with Crippen molar-refractivity contribution < 1.29 is 4.79 Å². The molecule has 1 amide bonds. The van der Waals surface area contributed by atoms with Gasteiger partial charge in [0, 0.05) is 6.54 Å². The van der Waals surface area contributed by atoms with Crippen molar-refractivity contribution in [1.82, 2.24) is 10.2 Å². The smallest absolute Gasteiger partial charge is 0.241 e. The fourth-order valence-corrected chi connectivity index (χ4v) is 3.41. The third-order valence-corrected chi connectivity index (χ3v) is 4.93. The van der Waals surface area contributed by atoms with E-state index in [9.17, 15) is 4.79 Å². The number of amides is 1. The van der Waals surface area contributed by atoms with Gasteiger partial charge in [-0.3, -0.25) is 10.1 Å². The molecule has 1 heterocycles. The molecule has 0 aromatic carbocycles. The highest BCUT2D eigenvalue weighted by atomic mass is 16.2. The molecule has 0 spiro atoms. The van der Waals surface area contributed by atoms with E-state index in [0.29, 0.717) is 17.2 Å². The minimum Gasteiger partial charge on any atom is -0.328 e. The lowest BCUT2D eigenvalue weighted by molar-refractivity contribution is -0.131. The maximum atomic E-state index is 12.4. The zero-order valence-corrected chi connectivity index (χ0v) is 12.2.